The summed E-state index contributed by atoms with van der Waals surface area (Å²) >= 11 is -2.12. The average Bonchev–Trinajstić information content (AvgIpc) is 1.62. The molecule has 0 unspecified atom stereocenters. The predicted molar refractivity (Wildman–Crippen MR) is 627 cm³/mol. The molecule has 150 heavy (non-hydrogen) atoms. The molecule has 0 saturated heterocycles. The number of likely N-dealkylation sites (N-methyl/N-ethyl adjacent to an activating group) is 4. The van der Waals surface area contributed by atoms with Gasteiger partial charge in [-0.15, -0.1) is 0 Å². The molecule has 0 saturated carbocycles. The van der Waals surface area contributed by atoms with Crippen molar-refractivity contribution < 1.29 is 89.3 Å². The minimum atomic E-state index is -1.85. The van der Waals surface area contributed by atoms with Gasteiger partial charge in [-0.3, -0.25) is 24.9 Å². The summed E-state index contributed by atoms with van der Waals surface area (Å²) < 4.78 is 40.7. The molecule has 0 fully saturated rings. The summed E-state index contributed by atoms with van der Waals surface area (Å²) in [5, 5.41) is 5.55. The first-order valence-corrected chi connectivity index (χ1v) is 86.8. The number of hydrogen-bond acceptors (Lipinski definition) is 16. The van der Waals surface area contributed by atoms with E-state index in [1.807, 2.05) is 138 Å². The molecule has 21 nitrogen and oxygen atoms in total. The number of imidazole rings is 5. The standard InChI is InChI=1S/2C20H19BrN4.2C20H19FN4.C19H17N3.CO2.5CH3.15ClH.5Pt/c1-24(2)11-12-25-18-9-8-15(21)13-17(18)23-20(25)16-7-3-5-14-6-4-10-22-19(14)16;1-24(2)11-12-25-18-13-15(21)8-9-17(18)23-20(25)16-7-3-5-14-6-4-10-22-19(14)16;1-24(2)11-12-25-18-9-8-15(21)13-17(18)23-20(25)16-7-3-5-14-6-4-10-22-19(14)16;1-24(2)11-12-25-18-13-15(21)8-9-17(18)23-20(25)16-7-3-5-14-6-4-10-22-19(14)16;1-2-13-22-17-11-4-3-10-16(17)21-19(22)15-9-5-7-14-8-6-12-20-18(14)15;2-1-3;;;;;;;;;;;;;;;;;;;;;;;;;/h4*3-10,13H,11-12H2,1-2H3;3-12H,2,13H2,1H3;;5*1H3;15*1H;;;;;/q;;;;;;5*-1;;;;;;;;;;;;;;;;5*+3/p-15. The van der Waals surface area contributed by atoms with E-state index in [2.05, 4.69) is 256 Å². The van der Waals surface area contributed by atoms with Gasteiger partial charge in [0.15, 0.2) is 0 Å². The Morgan fingerprint density at radius 2 is 0.500 bits per heavy atom. The van der Waals surface area contributed by atoms with E-state index in [0.717, 1.165) is 230 Å². The molecule has 0 bridgehead atoms. The maximum absolute atomic E-state index is 13.8. The monoisotopic (exact) mass is 3360 g/mol. The number of aryl methyl sites for hydroxylation is 1. The SMILES string of the molecule is CCCn1c(-c2cccc3cccnc23)nc2ccccc21.CN(C)CCn1c(-c2cccc3cccnc23)nc2cc(Br)ccc21.CN(C)CCn1c(-c2cccc3cccnc23)nc2cc(F)ccc21.CN(C)CCn1c(-c2cccc3cccnc23)nc2ccc(Br)cc21.CN(C)CCn1c(-c2cccc3cccnc23)nc2ccc(F)cc21.O=C=O.[CH3-].[CH3-].[CH3-].[CH3-].[CH3-].[Cl][Pt]([Cl])[Cl].[Cl][Pt]([Cl])[Cl].[Cl][Pt]([Cl])[Cl].[Cl][Pt]([Cl])[Cl].[Cl][Pt]([Cl])[Cl]. The zero-order chi connectivity index (χ0) is 105. The van der Waals surface area contributed by atoms with Gasteiger partial charge in [0.25, 0.3) is 0 Å². The number of fused-ring (bicyclic) bond motifs is 10. The number of hydrogen-bond donors (Lipinski definition) is 0. The first-order valence-electron chi connectivity index (χ1n) is 43.0. The molecule has 823 valence electrons. The van der Waals surface area contributed by atoms with Crippen LogP contribution in [0.4, 0.5) is 8.78 Å². The molecule has 0 spiro atoms. The second-order valence-electron chi connectivity index (χ2n) is 31.8. The maximum atomic E-state index is 13.8. The number of benzene rings is 10. The van der Waals surface area contributed by atoms with Crippen LogP contribution < -0.4 is 0 Å². The molecule has 0 N–H and O–H groups in total. The fourth-order valence-electron chi connectivity index (χ4n) is 15.5. The van der Waals surface area contributed by atoms with Crippen LogP contribution in [-0.2, 0) is 113 Å². The van der Waals surface area contributed by atoms with E-state index in [1.165, 1.54) is 23.7 Å². The van der Waals surface area contributed by atoms with Gasteiger partial charge in [-0.2, -0.15) is 9.59 Å². The molecule has 0 aliphatic rings. The third-order valence-electron chi connectivity index (χ3n) is 21.4. The Kier molecular flexibility index (Phi) is 62.0. The molecule has 20 aromatic rings. The van der Waals surface area contributed by atoms with Crippen molar-refractivity contribution in [1.29, 1.82) is 0 Å². The molecule has 0 atom stereocenters. The van der Waals surface area contributed by atoms with Gasteiger partial charge in [0.1, 0.15) is 40.8 Å². The summed E-state index contributed by atoms with van der Waals surface area (Å²) in [7, 11) is 90.9. The molecular weight excluding hydrogens is 3260 g/mol. The van der Waals surface area contributed by atoms with E-state index < -0.39 is 70.9 Å². The summed E-state index contributed by atoms with van der Waals surface area (Å²) in [5.41, 5.74) is 19.7. The van der Waals surface area contributed by atoms with Gasteiger partial charge in [0, 0.05) is 160 Å². The van der Waals surface area contributed by atoms with Crippen LogP contribution in [0.2, 0.25) is 0 Å². The topological polar surface area (TPSA) is 201 Å². The van der Waals surface area contributed by atoms with Crippen molar-refractivity contribution in [2.24, 2.45) is 0 Å². The van der Waals surface area contributed by atoms with Crippen molar-refractivity contribution in [3.05, 3.63) is 337 Å². The van der Waals surface area contributed by atoms with Crippen LogP contribution >= 0.6 is 173 Å². The average molecular weight is 3370 g/mol. The van der Waals surface area contributed by atoms with Crippen molar-refractivity contribution in [2.45, 2.75) is 46.1 Å². The van der Waals surface area contributed by atoms with Crippen molar-refractivity contribution in [2.75, 3.05) is 82.6 Å². The Hall–Kier alpha value is -5.57. The Labute approximate surface area is 981 Å². The Balaban J connectivity index is 0.000000310. The van der Waals surface area contributed by atoms with E-state index in [9.17, 15) is 8.78 Å². The van der Waals surface area contributed by atoms with Gasteiger partial charge < -0.3 is 79.6 Å². The molecule has 0 aliphatic carbocycles. The van der Waals surface area contributed by atoms with E-state index >= 15 is 0 Å². The van der Waals surface area contributed by atoms with Gasteiger partial charge in [-0.05, 0) is 202 Å². The molecule has 10 aromatic carbocycles. The van der Waals surface area contributed by atoms with E-state index in [4.69, 9.17) is 176 Å². The molecular formula is C105H108Br2Cl15F2N19O2Pt5-5. The minimum absolute atomic E-state index is 0. The normalized spacial score (nSPS) is 11.0. The summed E-state index contributed by atoms with van der Waals surface area (Å²) in [6, 6.07) is 81.5. The fraction of sp³-hybridized carbons (Fsp3) is 0.181. The van der Waals surface area contributed by atoms with Crippen LogP contribution in [0.15, 0.2) is 289 Å². The van der Waals surface area contributed by atoms with Crippen LogP contribution in [0.25, 0.3) is 167 Å². The quantitative estimate of drug-likeness (QED) is 0.0691. The third-order valence-corrected chi connectivity index (χ3v) is 22.4. The fourth-order valence-corrected chi connectivity index (χ4v) is 16.2. The second-order valence-corrected chi connectivity index (χ2v) is 82.9. The number of halogens is 19. The first-order chi connectivity index (χ1) is 69.5. The van der Waals surface area contributed by atoms with Gasteiger partial charge in [-0.1, -0.05) is 142 Å². The second kappa shape index (κ2) is 68.9. The summed E-state index contributed by atoms with van der Waals surface area (Å²) in [4.78, 5) is 72.0. The van der Waals surface area contributed by atoms with Gasteiger partial charge in [-0.25, -0.2) is 33.7 Å². The van der Waals surface area contributed by atoms with Crippen molar-refractivity contribution in [3.8, 4) is 56.9 Å². The van der Waals surface area contributed by atoms with E-state index in [-0.39, 0.29) is 54.9 Å². The molecule has 10 aromatic heterocycles. The summed E-state index contributed by atoms with van der Waals surface area (Å²) in [6.45, 7) is 10.0. The van der Waals surface area contributed by atoms with E-state index in [1.54, 1.807) is 30.6 Å². The Bertz CT molecular complexity index is 7080. The molecule has 0 radical (unpaired) electrons. The van der Waals surface area contributed by atoms with Crippen LogP contribution in [0.1, 0.15) is 13.3 Å². The number of rotatable bonds is 19. The zero-order valence-corrected chi connectivity index (χ0v) is 109. The molecule has 10 heterocycles. The van der Waals surface area contributed by atoms with Gasteiger partial charge in [0.2, 0.25) is 0 Å². The number of carbonyl (C=O) groups excluding carboxylic acids is 2. The van der Waals surface area contributed by atoms with Crippen LogP contribution in [0.3, 0.4) is 0 Å². The first kappa shape index (κ1) is 135. The summed E-state index contributed by atoms with van der Waals surface area (Å²) in [6.07, 6.45) is 10.4. The molecule has 0 amide bonds. The number of aromatic nitrogens is 15. The molecule has 0 aliphatic heterocycles. The van der Waals surface area contributed by atoms with Crippen molar-refractivity contribution in [3.63, 3.8) is 0 Å². The molecule has 45 heteroatoms. The number of nitrogens with zero attached hydrogens (tertiary/aromatic N) is 19. The summed E-state index contributed by atoms with van der Waals surface area (Å²) in [5.74, 6) is 4.08. The number of para-hydroxylation sites is 7. The number of pyridine rings is 5. The van der Waals surface area contributed by atoms with Gasteiger partial charge in [0.05, 0.1) is 82.8 Å². The van der Waals surface area contributed by atoms with Crippen LogP contribution in [-0.4, -0.2) is 181 Å². The van der Waals surface area contributed by atoms with Crippen LogP contribution in [0.5, 0.6) is 0 Å². The van der Waals surface area contributed by atoms with Crippen LogP contribution in [0, 0.1) is 48.8 Å². The van der Waals surface area contributed by atoms with Gasteiger partial charge >= 0.3 is 218 Å². The van der Waals surface area contributed by atoms with Crippen molar-refractivity contribution in [1.82, 2.24) is 92.3 Å². The Morgan fingerprint density at radius 1 is 0.273 bits per heavy atom. The predicted octanol–water partition coefficient (Wildman–Crippen LogP) is 33.7. The van der Waals surface area contributed by atoms with E-state index in [0.29, 0.717) is 5.52 Å². The Morgan fingerprint density at radius 3 is 0.813 bits per heavy atom. The third kappa shape index (κ3) is 40.4. The van der Waals surface area contributed by atoms with Crippen molar-refractivity contribution >= 4 is 289 Å². The molecule has 20 rings (SSSR count). The zero-order valence-electron chi connectivity index (χ0n) is 83.2.